The molecule has 8 nitrogen and oxygen atoms in total. The molecule has 0 aromatic carbocycles. The van der Waals surface area contributed by atoms with Gasteiger partial charge in [-0.25, -0.2) is 0 Å². The smallest absolute Gasteiger partial charge is 0.178 e. The van der Waals surface area contributed by atoms with Crippen molar-refractivity contribution in [3.63, 3.8) is 0 Å². The summed E-state index contributed by atoms with van der Waals surface area (Å²) in [6, 6.07) is 0. The lowest BCUT2D eigenvalue weighted by atomic mass is 10.2. The highest BCUT2D eigenvalue weighted by Crippen LogP contribution is 1.92. The van der Waals surface area contributed by atoms with Crippen molar-refractivity contribution in [2.75, 3.05) is 0 Å². The molecule has 4 rings (SSSR count). The standard InChI is InChI=1S/4C6H4O2.2H2S/c4*7-5-1-2-6(8)4-3-5;;/h4*1-4H;2*1H2. The molecule has 176 valence electrons. The van der Waals surface area contributed by atoms with Gasteiger partial charge in [0.2, 0.25) is 0 Å². The summed E-state index contributed by atoms with van der Waals surface area (Å²) in [6.07, 6.45) is 20.0. The summed E-state index contributed by atoms with van der Waals surface area (Å²) in [5.41, 5.74) is 0. The van der Waals surface area contributed by atoms with Crippen molar-refractivity contribution in [2.24, 2.45) is 0 Å². The van der Waals surface area contributed by atoms with Gasteiger partial charge in [0.25, 0.3) is 0 Å². The van der Waals surface area contributed by atoms with Gasteiger partial charge < -0.3 is 0 Å². The van der Waals surface area contributed by atoms with Crippen LogP contribution >= 0.6 is 27.0 Å². The molecule has 0 saturated carbocycles. The Labute approximate surface area is 208 Å². The van der Waals surface area contributed by atoms with E-state index in [1.807, 2.05) is 0 Å². The number of hydrogen-bond donors (Lipinski definition) is 0. The quantitative estimate of drug-likeness (QED) is 0.453. The van der Waals surface area contributed by atoms with Crippen LogP contribution in [0.2, 0.25) is 0 Å². The molecule has 4 aliphatic rings. The van der Waals surface area contributed by atoms with Crippen LogP contribution in [0.15, 0.2) is 97.2 Å². The molecule has 10 heteroatoms. The Kier molecular flexibility index (Phi) is 16.6. The SMILES string of the molecule is O=C1C=CC(=O)C=C1.O=C1C=CC(=O)C=C1.O=C1C=CC(=O)C=C1.O=C1C=CC(=O)C=C1.S.S. The molecule has 0 spiro atoms. The fraction of sp³-hybridized carbons (Fsp3) is 0. The number of allylic oxidation sites excluding steroid dienone is 16. The molecule has 0 amide bonds. The molecule has 0 N–H and O–H groups in total. The van der Waals surface area contributed by atoms with Gasteiger partial charge in [0, 0.05) is 0 Å². The Balaban J connectivity index is 0. The Morgan fingerprint density at radius 3 is 0.324 bits per heavy atom. The Bertz CT molecular complexity index is 782. The summed E-state index contributed by atoms with van der Waals surface area (Å²) in [5.74, 6) is -0.966. The van der Waals surface area contributed by atoms with Crippen molar-refractivity contribution >= 4 is 73.3 Å². The van der Waals surface area contributed by atoms with E-state index in [0.717, 1.165) is 0 Å². The number of rotatable bonds is 0. The fourth-order valence-corrected chi connectivity index (χ4v) is 1.76. The van der Waals surface area contributed by atoms with E-state index in [1.54, 1.807) is 0 Å². The number of ketones is 8. The first kappa shape index (κ1) is 32.2. The zero-order chi connectivity index (χ0) is 23.9. The van der Waals surface area contributed by atoms with E-state index < -0.39 is 0 Å². The highest BCUT2D eigenvalue weighted by atomic mass is 32.1. The molecule has 34 heavy (non-hydrogen) atoms. The third kappa shape index (κ3) is 15.7. The molecule has 0 saturated heterocycles. The molecule has 0 heterocycles. The average Bonchev–Trinajstić information content (AvgIpc) is 2.78. The summed E-state index contributed by atoms with van der Waals surface area (Å²) in [5, 5.41) is 0. The lowest BCUT2D eigenvalue weighted by Crippen LogP contribution is -1.97. The van der Waals surface area contributed by atoms with Crippen molar-refractivity contribution in [1.82, 2.24) is 0 Å². The molecule has 0 bridgehead atoms. The molecular formula is C24H20O8S2. The van der Waals surface area contributed by atoms with Gasteiger partial charge in [-0.05, 0) is 97.2 Å². The van der Waals surface area contributed by atoms with E-state index in [4.69, 9.17) is 0 Å². The van der Waals surface area contributed by atoms with Gasteiger partial charge in [-0.3, -0.25) is 38.4 Å². The maximum atomic E-state index is 10.3. The summed E-state index contributed by atoms with van der Waals surface area (Å²) < 4.78 is 0. The first-order valence-electron chi connectivity index (χ1n) is 8.92. The van der Waals surface area contributed by atoms with Gasteiger partial charge in [-0.1, -0.05) is 0 Å². The van der Waals surface area contributed by atoms with Crippen molar-refractivity contribution in [3.05, 3.63) is 97.2 Å². The van der Waals surface area contributed by atoms with Gasteiger partial charge in [-0.15, -0.1) is 0 Å². The maximum absolute atomic E-state index is 10.3. The summed E-state index contributed by atoms with van der Waals surface area (Å²) in [6.45, 7) is 0. The fourth-order valence-electron chi connectivity index (χ4n) is 1.76. The van der Waals surface area contributed by atoms with E-state index in [2.05, 4.69) is 0 Å². The molecule has 0 aromatic rings. The van der Waals surface area contributed by atoms with Crippen LogP contribution < -0.4 is 0 Å². The number of carbonyl (C=O) groups excluding carboxylic acids is 8. The third-order valence-electron chi connectivity index (χ3n) is 3.29. The maximum Gasteiger partial charge on any atom is 0.178 e. The predicted molar refractivity (Wildman–Crippen MR) is 134 cm³/mol. The minimum atomic E-state index is -0.121. The number of hydrogen-bond acceptors (Lipinski definition) is 8. The predicted octanol–water partition coefficient (Wildman–Crippen LogP) is 1.23. The van der Waals surface area contributed by atoms with Crippen LogP contribution in [0.25, 0.3) is 0 Å². The Hall–Kier alpha value is -4.02. The first-order chi connectivity index (χ1) is 15.2. The molecule has 0 aliphatic heterocycles. The second-order valence-electron chi connectivity index (χ2n) is 5.89. The van der Waals surface area contributed by atoms with Crippen LogP contribution in [0.1, 0.15) is 0 Å². The summed E-state index contributed by atoms with van der Waals surface area (Å²) in [7, 11) is 0. The second kappa shape index (κ2) is 17.5. The van der Waals surface area contributed by atoms with Crippen molar-refractivity contribution < 1.29 is 38.4 Å². The number of carbonyl (C=O) groups is 8. The molecule has 0 radical (unpaired) electrons. The zero-order valence-electron chi connectivity index (χ0n) is 17.5. The van der Waals surface area contributed by atoms with Crippen LogP contribution in [0, 0.1) is 0 Å². The van der Waals surface area contributed by atoms with Crippen molar-refractivity contribution in [2.45, 2.75) is 0 Å². The minimum absolute atomic E-state index is 0. The summed E-state index contributed by atoms with van der Waals surface area (Å²) in [4.78, 5) is 82.3. The van der Waals surface area contributed by atoms with Crippen LogP contribution in [-0.4, -0.2) is 46.3 Å². The van der Waals surface area contributed by atoms with Gasteiger partial charge in [0.05, 0.1) is 0 Å². The van der Waals surface area contributed by atoms with Crippen LogP contribution in [-0.2, 0) is 38.4 Å². The van der Waals surface area contributed by atoms with Gasteiger partial charge in [0.15, 0.2) is 46.3 Å². The van der Waals surface area contributed by atoms with Crippen LogP contribution in [0.5, 0.6) is 0 Å². The zero-order valence-corrected chi connectivity index (χ0v) is 19.5. The summed E-state index contributed by atoms with van der Waals surface area (Å²) >= 11 is 0. The van der Waals surface area contributed by atoms with E-state index in [0.29, 0.717) is 0 Å². The van der Waals surface area contributed by atoms with Crippen LogP contribution in [0.4, 0.5) is 0 Å². The molecule has 0 unspecified atom stereocenters. The molecule has 0 atom stereocenters. The minimum Gasteiger partial charge on any atom is -0.290 e. The van der Waals surface area contributed by atoms with E-state index in [1.165, 1.54) is 97.2 Å². The van der Waals surface area contributed by atoms with Gasteiger partial charge >= 0.3 is 0 Å². The van der Waals surface area contributed by atoms with E-state index >= 15 is 0 Å². The van der Waals surface area contributed by atoms with Crippen molar-refractivity contribution in [3.8, 4) is 0 Å². The highest BCUT2D eigenvalue weighted by Gasteiger charge is 2.00. The van der Waals surface area contributed by atoms with Crippen LogP contribution in [0.3, 0.4) is 0 Å². The lowest BCUT2D eigenvalue weighted by Gasteiger charge is -1.87. The third-order valence-corrected chi connectivity index (χ3v) is 3.29. The van der Waals surface area contributed by atoms with Gasteiger partial charge in [0.1, 0.15) is 0 Å². The molecular weight excluding hydrogens is 480 g/mol. The van der Waals surface area contributed by atoms with E-state index in [9.17, 15) is 38.4 Å². The molecule has 4 aliphatic carbocycles. The largest absolute Gasteiger partial charge is 0.290 e. The lowest BCUT2D eigenvalue weighted by molar-refractivity contribution is -0.113. The topological polar surface area (TPSA) is 137 Å². The Morgan fingerprint density at radius 2 is 0.265 bits per heavy atom. The van der Waals surface area contributed by atoms with E-state index in [-0.39, 0.29) is 73.3 Å². The Morgan fingerprint density at radius 1 is 0.206 bits per heavy atom. The normalized spacial score (nSPS) is 16.5. The second-order valence-corrected chi connectivity index (χ2v) is 5.89. The first-order valence-corrected chi connectivity index (χ1v) is 8.92. The monoisotopic (exact) mass is 500 g/mol. The van der Waals surface area contributed by atoms with Gasteiger partial charge in [-0.2, -0.15) is 27.0 Å². The molecule has 0 fully saturated rings. The molecule has 0 aromatic heterocycles. The highest BCUT2D eigenvalue weighted by molar-refractivity contribution is 7.59. The van der Waals surface area contributed by atoms with Crippen molar-refractivity contribution in [1.29, 1.82) is 0 Å². The average molecular weight is 501 g/mol.